The summed E-state index contributed by atoms with van der Waals surface area (Å²) in [6, 6.07) is 7.80. The van der Waals surface area contributed by atoms with E-state index < -0.39 is 0 Å². The van der Waals surface area contributed by atoms with Gasteiger partial charge in [0.15, 0.2) is 0 Å². The summed E-state index contributed by atoms with van der Waals surface area (Å²) < 4.78 is 0. The van der Waals surface area contributed by atoms with E-state index in [0.29, 0.717) is 9.90 Å². The van der Waals surface area contributed by atoms with Crippen LogP contribution in [0.2, 0.25) is 5.02 Å². The zero-order valence-corrected chi connectivity index (χ0v) is 10.8. The van der Waals surface area contributed by atoms with Crippen molar-refractivity contribution in [2.75, 3.05) is 0 Å². The van der Waals surface area contributed by atoms with Gasteiger partial charge >= 0.3 is 0 Å². The van der Waals surface area contributed by atoms with Gasteiger partial charge in [-0.05, 0) is 47.9 Å². The van der Waals surface area contributed by atoms with Gasteiger partial charge in [-0.3, -0.25) is 4.79 Å². The molecule has 0 bridgehead atoms. The summed E-state index contributed by atoms with van der Waals surface area (Å²) in [5, 5.41) is 2.41. The van der Waals surface area contributed by atoms with Gasteiger partial charge in [0, 0.05) is 5.56 Å². The number of halogens is 1. The van der Waals surface area contributed by atoms with Crippen LogP contribution in [0, 0.1) is 0 Å². The highest BCUT2D eigenvalue weighted by Crippen LogP contribution is 2.28. The van der Waals surface area contributed by atoms with Crippen molar-refractivity contribution in [1.29, 1.82) is 0 Å². The van der Waals surface area contributed by atoms with Gasteiger partial charge < -0.3 is 0 Å². The molecule has 86 valence electrons. The number of rotatable bonds is 2. The van der Waals surface area contributed by atoms with E-state index in [1.165, 1.54) is 28.9 Å². The molecule has 1 heterocycles. The van der Waals surface area contributed by atoms with E-state index >= 15 is 0 Å². The number of thiophene rings is 1. The minimum atomic E-state index is 0.0414. The third kappa shape index (κ3) is 1.92. The lowest BCUT2D eigenvalue weighted by Gasteiger charge is -2.03. The summed E-state index contributed by atoms with van der Waals surface area (Å²) in [4.78, 5) is 12.9. The lowest BCUT2D eigenvalue weighted by Crippen LogP contribution is -2.00. The van der Waals surface area contributed by atoms with Crippen LogP contribution in [-0.4, -0.2) is 5.78 Å². The van der Waals surface area contributed by atoms with Gasteiger partial charge in [0.1, 0.15) is 0 Å². The van der Waals surface area contributed by atoms with Gasteiger partial charge in [-0.1, -0.05) is 23.7 Å². The van der Waals surface area contributed by atoms with E-state index in [1.807, 2.05) is 17.5 Å². The van der Waals surface area contributed by atoms with Crippen LogP contribution < -0.4 is 0 Å². The first-order valence-corrected chi connectivity index (χ1v) is 6.91. The van der Waals surface area contributed by atoms with Crippen molar-refractivity contribution in [3.05, 3.63) is 56.2 Å². The molecule has 3 heteroatoms. The van der Waals surface area contributed by atoms with Crippen LogP contribution in [0.4, 0.5) is 0 Å². The molecule has 1 aliphatic rings. The largest absolute Gasteiger partial charge is 0.288 e. The lowest BCUT2D eigenvalue weighted by molar-refractivity contribution is 0.104. The standard InChI is InChI=1S/C14H11ClOS/c15-12-6-7-17-14(12)13(16)11-5-4-9-2-1-3-10(9)8-11/h4-8H,1-3H2. The Kier molecular flexibility index (Phi) is 2.77. The Morgan fingerprint density at radius 2 is 2.00 bits per heavy atom. The molecule has 0 atom stereocenters. The zero-order valence-electron chi connectivity index (χ0n) is 9.20. The first kappa shape index (κ1) is 11.0. The topological polar surface area (TPSA) is 17.1 Å². The summed E-state index contributed by atoms with van der Waals surface area (Å²) in [5.41, 5.74) is 3.47. The Morgan fingerprint density at radius 1 is 1.18 bits per heavy atom. The molecular weight excluding hydrogens is 252 g/mol. The average molecular weight is 263 g/mol. The highest BCUT2D eigenvalue weighted by atomic mass is 35.5. The van der Waals surface area contributed by atoms with Gasteiger partial charge in [-0.2, -0.15) is 0 Å². The van der Waals surface area contributed by atoms with Crippen molar-refractivity contribution in [3.8, 4) is 0 Å². The van der Waals surface area contributed by atoms with Crippen molar-refractivity contribution < 1.29 is 4.79 Å². The van der Waals surface area contributed by atoms with E-state index in [2.05, 4.69) is 6.07 Å². The molecule has 1 nitrogen and oxygen atoms in total. The normalized spacial score (nSPS) is 13.7. The molecule has 17 heavy (non-hydrogen) atoms. The van der Waals surface area contributed by atoms with Crippen LogP contribution in [-0.2, 0) is 12.8 Å². The van der Waals surface area contributed by atoms with Crippen molar-refractivity contribution >= 4 is 28.7 Å². The highest BCUT2D eigenvalue weighted by molar-refractivity contribution is 7.13. The van der Waals surface area contributed by atoms with Crippen LogP contribution >= 0.6 is 22.9 Å². The highest BCUT2D eigenvalue weighted by Gasteiger charge is 2.17. The molecular formula is C14H11ClOS. The first-order valence-electron chi connectivity index (χ1n) is 5.65. The molecule has 0 saturated heterocycles. The van der Waals surface area contributed by atoms with Crippen molar-refractivity contribution in [2.45, 2.75) is 19.3 Å². The predicted molar refractivity (Wildman–Crippen MR) is 71.2 cm³/mol. The quantitative estimate of drug-likeness (QED) is 0.744. The second kappa shape index (κ2) is 4.28. The van der Waals surface area contributed by atoms with E-state index in [4.69, 9.17) is 11.6 Å². The number of hydrogen-bond acceptors (Lipinski definition) is 2. The number of benzene rings is 1. The second-order valence-electron chi connectivity index (χ2n) is 4.26. The minimum Gasteiger partial charge on any atom is -0.288 e. The molecule has 0 unspecified atom stereocenters. The zero-order chi connectivity index (χ0) is 11.8. The molecule has 1 aromatic heterocycles. The lowest BCUT2D eigenvalue weighted by atomic mass is 10.0. The Labute approximate surface area is 109 Å². The summed E-state index contributed by atoms with van der Waals surface area (Å²) in [6.07, 6.45) is 3.44. The maximum absolute atomic E-state index is 12.3. The Hall–Kier alpha value is -1.12. The van der Waals surface area contributed by atoms with E-state index in [-0.39, 0.29) is 5.78 Å². The fraction of sp³-hybridized carbons (Fsp3) is 0.214. The summed E-state index contributed by atoms with van der Waals surface area (Å²) >= 11 is 7.40. The second-order valence-corrected chi connectivity index (χ2v) is 5.59. The third-order valence-corrected chi connectivity index (χ3v) is 4.52. The maximum Gasteiger partial charge on any atom is 0.204 e. The van der Waals surface area contributed by atoms with Crippen molar-refractivity contribution in [2.24, 2.45) is 0 Å². The Morgan fingerprint density at radius 3 is 2.76 bits per heavy atom. The minimum absolute atomic E-state index is 0.0414. The smallest absolute Gasteiger partial charge is 0.204 e. The molecule has 1 aliphatic carbocycles. The summed E-state index contributed by atoms with van der Waals surface area (Å²) in [5.74, 6) is 0.0414. The summed E-state index contributed by atoms with van der Waals surface area (Å²) in [7, 11) is 0. The SMILES string of the molecule is O=C(c1ccc2c(c1)CCC2)c1sccc1Cl. The van der Waals surface area contributed by atoms with Crippen LogP contribution in [0.15, 0.2) is 29.6 Å². The Balaban J connectivity index is 2.00. The molecule has 0 fully saturated rings. The molecule has 2 aromatic rings. The predicted octanol–water partition coefficient (Wildman–Crippen LogP) is 4.12. The first-order chi connectivity index (χ1) is 8.25. The third-order valence-electron chi connectivity index (χ3n) is 3.18. The monoisotopic (exact) mass is 262 g/mol. The number of carbonyl (C=O) groups excluding carboxylic acids is 1. The van der Waals surface area contributed by atoms with E-state index in [0.717, 1.165) is 18.4 Å². The number of fused-ring (bicyclic) bond motifs is 1. The van der Waals surface area contributed by atoms with Crippen LogP contribution in [0.25, 0.3) is 0 Å². The van der Waals surface area contributed by atoms with Crippen molar-refractivity contribution in [3.63, 3.8) is 0 Å². The van der Waals surface area contributed by atoms with Gasteiger partial charge in [-0.15, -0.1) is 11.3 Å². The van der Waals surface area contributed by atoms with Crippen molar-refractivity contribution in [1.82, 2.24) is 0 Å². The van der Waals surface area contributed by atoms with Gasteiger partial charge in [0.25, 0.3) is 0 Å². The van der Waals surface area contributed by atoms with Crippen LogP contribution in [0.5, 0.6) is 0 Å². The fourth-order valence-electron chi connectivity index (χ4n) is 2.30. The van der Waals surface area contributed by atoms with Gasteiger partial charge in [0.05, 0.1) is 9.90 Å². The molecule has 0 N–H and O–H groups in total. The molecule has 0 saturated carbocycles. The average Bonchev–Trinajstić information content (AvgIpc) is 2.95. The van der Waals surface area contributed by atoms with E-state index in [1.54, 1.807) is 6.07 Å². The van der Waals surface area contributed by atoms with Gasteiger partial charge in [-0.25, -0.2) is 0 Å². The van der Waals surface area contributed by atoms with Crippen LogP contribution in [0.1, 0.15) is 32.8 Å². The van der Waals surface area contributed by atoms with E-state index in [9.17, 15) is 4.79 Å². The number of aryl methyl sites for hydroxylation is 2. The fourth-order valence-corrected chi connectivity index (χ4v) is 3.40. The molecule has 0 amide bonds. The number of hydrogen-bond donors (Lipinski definition) is 0. The number of carbonyl (C=O) groups is 1. The number of ketones is 1. The summed E-state index contributed by atoms with van der Waals surface area (Å²) in [6.45, 7) is 0. The Bertz CT molecular complexity index is 586. The van der Waals surface area contributed by atoms with Gasteiger partial charge in [0.2, 0.25) is 5.78 Å². The molecule has 0 radical (unpaired) electrons. The maximum atomic E-state index is 12.3. The molecule has 0 aliphatic heterocycles. The molecule has 0 spiro atoms. The van der Waals surface area contributed by atoms with Crippen LogP contribution in [0.3, 0.4) is 0 Å². The molecule has 1 aromatic carbocycles. The molecule has 3 rings (SSSR count).